The van der Waals surface area contributed by atoms with Gasteiger partial charge in [0.1, 0.15) is 17.4 Å². The summed E-state index contributed by atoms with van der Waals surface area (Å²) in [6.45, 7) is 3.77. The topological polar surface area (TPSA) is 57.6 Å². The second-order valence-electron chi connectivity index (χ2n) is 8.47. The van der Waals surface area contributed by atoms with Crippen molar-refractivity contribution in [1.82, 2.24) is 0 Å². The molecule has 1 aliphatic rings. The molecule has 0 spiro atoms. The van der Waals surface area contributed by atoms with Gasteiger partial charge in [-0.05, 0) is 85.0 Å². The van der Waals surface area contributed by atoms with E-state index in [2.05, 4.69) is 6.92 Å². The maximum atomic E-state index is 14.2. The largest absolute Gasteiger partial charge is 0.508 e. The fraction of sp³-hybridized carbons (Fsp3) is 0.308. The van der Waals surface area contributed by atoms with Crippen molar-refractivity contribution in [2.75, 3.05) is 4.31 Å². The lowest BCUT2D eigenvalue weighted by Gasteiger charge is -2.37. The molecule has 3 aromatic rings. The second kappa shape index (κ2) is 9.14. The average molecular weight is 472 g/mol. The fourth-order valence-electron chi connectivity index (χ4n) is 4.49. The van der Waals surface area contributed by atoms with Crippen LogP contribution in [-0.4, -0.2) is 13.5 Å². The van der Waals surface area contributed by atoms with Crippen LogP contribution in [0.5, 0.6) is 5.75 Å². The number of halogens is 2. The highest BCUT2D eigenvalue weighted by Gasteiger charge is 2.37. The van der Waals surface area contributed by atoms with Crippen molar-refractivity contribution in [3.63, 3.8) is 0 Å². The van der Waals surface area contributed by atoms with Crippen LogP contribution < -0.4 is 4.31 Å². The van der Waals surface area contributed by atoms with Gasteiger partial charge in [0, 0.05) is 5.56 Å². The van der Waals surface area contributed by atoms with E-state index >= 15 is 0 Å². The fourth-order valence-corrected chi connectivity index (χ4v) is 6.19. The number of sulfonamides is 1. The zero-order chi connectivity index (χ0) is 23.8. The SMILES string of the molecule is CCCCCCc1cc(S(=O)(=O)N2c3cc(F)ccc3-c3ccc(F)cc3C2C)ccc1O. The molecule has 0 radical (unpaired) electrons. The highest BCUT2D eigenvalue weighted by molar-refractivity contribution is 7.92. The molecule has 1 N–H and O–H groups in total. The highest BCUT2D eigenvalue weighted by atomic mass is 32.2. The molecule has 1 heterocycles. The minimum Gasteiger partial charge on any atom is -0.508 e. The number of anilines is 1. The van der Waals surface area contributed by atoms with Crippen molar-refractivity contribution in [3.8, 4) is 16.9 Å². The number of phenolic OH excluding ortho intramolecular Hbond substituents is 1. The van der Waals surface area contributed by atoms with Gasteiger partial charge in [0.05, 0.1) is 16.6 Å². The lowest BCUT2D eigenvalue weighted by atomic mass is 9.90. The number of unbranched alkanes of at least 4 members (excludes halogenated alkanes) is 3. The van der Waals surface area contributed by atoms with E-state index in [9.17, 15) is 22.3 Å². The third-order valence-corrected chi connectivity index (χ3v) is 8.09. The van der Waals surface area contributed by atoms with Crippen LogP contribution in [0.15, 0.2) is 59.5 Å². The third kappa shape index (κ3) is 4.34. The molecular formula is C26H27F2NO3S. The quantitative estimate of drug-likeness (QED) is 0.389. The predicted octanol–water partition coefficient (Wildman–Crippen LogP) is 6.73. The smallest absolute Gasteiger partial charge is 0.264 e. The van der Waals surface area contributed by atoms with E-state index < -0.39 is 27.7 Å². The molecule has 0 fully saturated rings. The summed E-state index contributed by atoms with van der Waals surface area (Å²) in [6.07, 6.45) is 4.54. The van der Waals surface area contributed by atoms with Crippen LogP contribution in [0.2, 0.25) is 0 Å². The number of rotatable bonds is 7. The minimum atomic E-state index is -4.14. The van der Waals surface area contributed by atoms with E-state index in [1.165, 1.54) is 48.5 Å². The molecule has 33 heavy (non-hydrogen) atoms. The molecule has 4 nitrogen and oxygen atoms in total. The predicted molar refractivity (Wildman–Crippen MR) is 126 cm³/mol. The van der Waals surface area contributed by atoms with Crippen LogP contribution in [0.3, 0.4) is 0 Å². The zero-order valence-electron chi connectivity index (χ0n) is 18.7. The van der Waals surface area contributed by atoms with E-state index in [-0.39, 0.29) is 16.3 Å². The molecule has 7 heteroatoms. The summed E-state index contributed by atoms with van der Waals surface area (Å²) >= 11 is 0. The Bertz CT molecular complexity index is 1290. The van der Waals surface area contributed by atoms with E-state index in [1.807, 2.05) is 0 Å². The molecule has 0 amide bonds. The van der Waals surface area contributed by atoms with Gasteiger partial charge in [0.2, 0.25) is 0 Å². The Balaban J connectivity index is 1.80. The summed E-state index contributed by atoms with van der Waals surface area (Å²) in [5.74, 6) is -0.979. The van der Waals surface area contributed by atoms with Gasteiger partial charge in [-0.2, -0.15) is 0 Å². The standard InChI is InChI=1S/C26H27F2NO3S/c1-3-4-5-6-7-18-14-21(10-13-26(18)30)33(31,32)29-17(2)24-15-19(27)8-11-22(24)23-12-9-20(28)16-25(23)29/h8-17,30H,3-7H2,1-2H3. The first kappa shape index (κ1) is 23.2. The van der Waals surface area contributed by atoms with Gasteiger partial charge in [-0.1, -0.05) is 32.3 Å². The molecule has 0 aromatic heterocycles. The summed E-state index contributed by atoms with van der Waals surface area (Å²) in [7, 11) is -4.14. The number of nitrogens with zero attached hydrogens (tertiary/aromatic N) is 1. The number of benzene rings is 3. The molecule has 0 bridgehead atoms. The van der Waals surface area contributed by atoms with Crippen molar-refractivity contribution in [1.29, 1.82) is 0 Å². The Morgan fingerprint density at radius 2 is 1.61 bits per heavy atom. The molecule has 4 rings (SSSR count). The van der Waals surface area contributed by atoms with Gasteiger partial charge >= 0.3 is 0 Å². The highest BCUT2D eigenvalue weighted by Crippen LogP contribution is 2.47. The lowest BCUT2D eigenvalue weighted by molar-refractivity contribution is 0.465. The van der Waals surface area contributed by atoms with Gasteiger partial charge in [0.15, 0.2) is 0 Å². The maximum absolute atomic E-state index is 14.2. The monoisotopic (exact) mass is 471 g/mol. The Morgan fingerprint density at radius 3 is 2.33 bits per heavy atom. The van der Waals surface area contributed by atoms with E-state index in [1.54, 1.807) is 13.0 Å². The molecule has 0 saturated heterocycles. The van der Waals surface area contributed by atoms with Crippen molar-refractivity contribution in [2.45, 2.75) is 56.9 Å². The Labute approximate surface area is 193 Å². The summed E-state index contributed by atoms with van der Waals surface area (Å²) in [4.78, 5) is 0.00714. The number of fused-ring (bicyclic) bond motifs is 3. The number of hydrogen-bond donors (Lipinski definition) is 1. The number of aromatic hydroxyl groups is 1. The van der Waals surface area contributed by atoms with Gasteiger partial charge in [-0.3, -0.25) is 4.31 Å². The number of hydrogen-bond acceptors (Lipinski definition) is 3. The zero-order valence-corrected chi connectivity index (χ0v) is 19.5. The molecule has 1 unspecified atom stereocenters. The minimum absolute atomic E-state index is 0.00714. The lowest BCUT2D eigenvalue weighted by Crippen LogP contribution is -2.36. The van der Waals surface area contributed by atoms with Gasteiger partial charge in [-0.25, -0.2) is 17.2 Å². The first-order valence-corrected chi connectivity index (χ1v) is 12.6. The maximum Gasteiger partial charge on any atom is 0.264 e. The molecule has 3 aromatic carbocycles. The Kier molecular flexibility index (Phi) is 6.43. The molecule has 0 aliphatic carbocycles. The molecule has 1 aliphatic heterocycles. The Morgan fingerprint density at radius 1 is 0.909 bits per heavy atom. The summed E-state index contributed by atoms with van der Waals surface area (Å²) in [6, 6.07) is 11.7. The van der Waals surface area contributed by atoms with Crippen LogP contribution in [0.1, 0.15) is 56.7 Å². The van der Waals surface area contributed by atoms with Crippen molar-refractivity contribution >= 4 is 15.7 Å². The molecule has 174 valence electrons. The van der Waals surface area contributed by atoms with E-state index in [0.717, 1.165) is 30.0 Å². The second-order valence-corrected chi connectivity index (χ2v) is 10.3. The normalized spacial score (nSPS) is 15.3. The van der Waals surface area contributed by atoms with Gasteiger partial charge in [-0.15, -0.1) is 0 Å². The van der Waals surface area contributed by atoms with Crippen molar-refractivity contribution < 1.29 is 22.3 Å². The van der Waals surface area contributed by atoms with E-state index in [4.69, 9.17) is 0 Å². The summed E-state index contributed by atoms with van der Waals surface area (Å²) < 4.78 is 57.1. The first-order chi connectivity index (χ1) is 15.7. The van der Waals surface area contributed by atoms with Crippen LogP contribution in [0.4, 0.5) is 14.5 Å². The summed E-state index contributed by atoms with van der Waals surface area (Å²) in [5.41, 5.74) is 2.47. The Hall–Kier alpha value is -2.93. The number of aryl methyl sites for hydroxylation is 1. The van der Waals surface area contributed by atoms with Crippen molar-refractivity contribution in [2.24, 2.45) is 0 Å². The van der Waals surface area contributed by atoms with Gasteiger partial charge < -0.3 is 5.11 Å². The van der Waals surface area contributed by atoms with Crippen LogP contribution in [-0.2, 0) is 16.4 Å². The number of phenols is 1. The molecular weight excluding hydrogens is 444 g/mol. The van der Waals surface area contributed by atoms with Crippen LogP contribution >= 0.6 is 0 Å². The van der Waals surface area contributed by atoms with Crippen molar-refractivity contribution in [3.05, 3.63) is 77.4 Å². The van der Waals surface area contributed by atoms with Crippen LogP contribution in [0.25, 0.3) is 11.1 Å². The first-order valence-electron chi connectivity index (χ1n) is 11.2. The van der Waals surface area contributed by atoms with Crippen LogP contribution in [0, 0.1) is 11.6 Å². The molecule has 0 saturated carbocycles. The average Bonchev–Trinajstić information content (AvgIpc) is 2.77. The molecule has 1 atom stereocenters. The third-order valence-electron chi connectivity index (χ3n) is 6.21. The summed E-state index contributed by atoms with van der Waals surface area (Å²) in [5, 5.41) is 10.3. The van der Waals surface area contributed by atoms with Gasteiger partial charge in [0.25, 0.3) is 10.0 Å². The van der Waals surface area contributed by atoms with E-state index in [0.29, 0.717) is 28.7 Å².